The van der Waals surface area contributed by atoms with Crippen molar-refractivity contribution in [1.29, 1.82) is 5.26 Å². The summed E-state index contributed by atoms with van der Waals surface area (Å²) in [6, 6.07) is 5.76. The van der Waals surface area contributed by atoms with Gasteiger partial charge in [-0.05, 0) is 28.1 Å². The van der Waals surface area contributed by atoms with E-state index in [1.54, 1.807) is 6.20 Å². The van der Waals surface area contributed by atoms with Crippen molar-refractivity contribution in [1.82, 2.24) is 9.97 Å². The minimum Gasteiger partial charge on any atom is -0.345 e. The average molecular weight is 259 g/mol. The molecular weight excluding hydrogens is 253 g/mol. The maximum Gasteiger partial charge on any atom is 0.139 e. The molecule has 1 N–H and O–H groups in total. The van der Waals surface area contributed by atoms with E-state index in [9.17, 15) is 0 Å². The van der Waals surface area contributed by atoms with Gasteiger partial charge in [-0.2, -0.15) is 5.26 Å². The fourth-order valence-electron chi connectivity index (χ4n) is 1.07. The van der Waals surface area contributed by atoms with Crippen molar-refractivity contribution < 1.29 is 0 Å². The minimum absolute atomic E-state index is 0. The SMILES string of the molecule is Cl.N#Cc1c[nH]c2nc(Br)ccc12. The highest BCUT2D eigenvalue weighted by atomic mass is 79.9. The Bertz CT molecular complexity index is 472. The highest BCUT2D eigenvalue weighted by Gasteiger charge is 2.02. The lowest BCUT2D eigenvalue weighted by molar-refractivity contribution is 1.29. The second kappa shape index (κ2) is 3.77. The summed E-state index contributed by atoms with van der Waals surface area (Å²) in [5.41, 5.74) is 1.37. The maximum atomic E-state index is 8.68. The van der Waals surface area contributed by atoms with Gasteiger partial charge in [-0.15, -0.1) is 12.4 Å². The first-order chi connectivity index (χ1) is 5.81. The zero-order chi connectivity index (χ0) is 8.55. The molecule has 2 heterocycles. The monoisotopic (exact) mass is 257 g/mol. The molecule has 13 heavy (non-hydrogen) atoms. The molecule has 3 nitrogen and oxygen atoms in total. The first kappa shape index (κ1) is 10.0. The fourth-order valence-corrected chi connectivity index (χ4v) is 1.38. The Kier molecular flexibility index (Phi) is 2.91. The van der Waals surface area contributed by atoms with Crippen molar-refractivity contribution in [2.45, 2.75) is 0 Å². The summed E-state index contributed by atoms with van der Waals surface area (Å²) in [6.07, 6.45) is 1.66. The lowest BCUT2D eigenvalue weighted by Gasteiger charge is -1.89. The van der Waals surface area contributed by atoms with Gasteiger partial charge in [0.25, 0.3) is 0 Å². The van der Waals surface area contributed by atoms with Crippen molar-refractivity contribution in [3.05, 3.63) is 28.5 Å². The molecule has 66 valence electrons. The number of fused-ring (bicyclic) bond motifs is 1. The van der Waals surface area contributed by atoms with Gasteiger partial charge in [-0.1, -0.05) is 0 Å². The van der Waals surface area contributed by atoms with Crippen molar-refractivity contribution >= 4 is 39.4 Å². The maximum absolute atomic E-state index is 8.68. The van der Waals surface area contributed by atoms with Crippen LogP contribution >= 0.6 is 28.3 Å². The van der Waals surface area contributed by atoms with Gasteiger partial charge in [0.05, 0.1) is 5.56 Å². The number of nitrogens with one attached hydrogen (secondary N) is 1. The second-order valence-electron chi connectivity index (χ2n) is 2.34. The van der Waals surface area contributed by atoms with E-state index in [4.69, 9.17) is 5.26 Å². The van der Waals surface area contributed by atoms with E-state index in [2.05, 4.69) is 32.0 Å². The Morgan fingerprint density at radius 2 is 2.23 bits per heavy atom. The predicted molar refractivity (Wildman–Crippen MR) is 55.8 cm³/mol. The summed E-state index contributed by atoms with van der Waals surface area (Å²) in [6.45, 7) is 0. The molecule has 0 radical (unpaired) electrons. The van der Waals surface area contributed by atoms with Gasteiger partial charge >= 0.3 is 0 Å². The molecule has 0 aliphatic carbocycles. The lowest BCUT2D eigenvalue weighted by atomic mass is 10.2. The van der Waals surface area contributed by atoms with Gasteiger partial charge in [0, 0.05) is 11.6 Å². The summed E-state index contributed by atoms with van der Waals surface area (Å²) in [4.78, 5) is 7.07. The van der Waals surface area contributed by atoms with Crippen molar-refractivity contribution in [2.75, 3.05) is 0 Å². The Morgan fingerprint density at radius 3 is 2.92 bits per heavy atom. The van der Waals surface area contributed by atoms with Crippen molar-refractivity contribution in [3.63, 3.8) is 0 Å². The van der Waals surface area contributed by atoms with Crippen molar-refractivity contribution in [3.8, 4) is 6.07 Å². The second-order valence-corrected chi connectivity index (χ2v) is 3.16. The van der Waals surface area contributed by atoms with Crippen LogP contribution in [-0.2, 0) is 0 Å². The molecule has 0 aliphatic heterocycles. The van der Waals surface area contributed by atoms with Gasteiger partial charge in [0.1, 0.15) is 16.3 Å². The van der Waals surface area contributed by atoms with Gasteiger partial charge < -0.3 is 4.98 Å². The average Bonchev–Trinajstić information content (AvgIpc) is 2.46. The number of hydrogen-bond acceptors (Lipinski definition) is 2. The molecule has 0 spiro atoms. The Labute approximate surface area is 89.3 Å². The number of pyridine rings is 1. The smallest absolute Gasteiger partial charge is 0.139 e. The number of rotatable bonds is 0. The molecule has 0 saturated carbocycles. The predicted octanol–water partition coefficient (Wildman–Crippen LogP) is 2.62. The largest absolute Gasteiger partial charge is 0.345 e. The van der Waals surface area contributed by atoms with Crippen LogP contribution in [0.3, 0.4) is 0 Å². The number of halogens is 2. The van der Waals surface area contributed by atoms with E-state index >= 15 is 0 Å². The van der Waals surface area contributed by atoms with Crippen LogP contribution in [0.2, 0.25) is 0 Å². The molecule has 2 aromatic rings. The van der Waals surface area contributed by atoms with Gasteiger partial charge in [0.2, 0.25) is 0 Å². The molecule has 5 heteroatoms. The fraction of sp³-hybridized carbons (Fsp3) is 0. The Hall–Kier alpha value is -1.05. The van der Waals surface area contributed by atoms with Crippen LogP contribution in [0, 0.1) is 11.3 Å². The first-order valence-corrected chi connectivity index (χ1v) is 4.14. The summed E-state index contributed by atoms with van der Waals surface area (Å²) in [7, 11) is 0. The normalized spacial score (nSPS) is 9.23. The van der Waals surface area contributed by atoms with Gasteiger partial charge in [-0.3, -0.25) is 0 Å². The van der Waals surface area contributed by atoms with Crippen LogP contribution in [0.5, 0.6) is 0 Å². The highest BCUT2D eigenvalue weighted by Crippen LogP contribution is 2.17. The van der Waals surface area contributed by atoms with Gasteiger partial charge in [-0.25, -0.2) is 4.98 Å². The number of aromatic nitrogens is 2. The van der Waals surface area contributed by atoms with Crippen LogP contribution in [0.15, 0.2) is 22.9 Å². The van der Waals surface area contributed by atoms with Crippen LogP contribution in [0.1, 0.15) is 5.56 Å². The molecule has 2 rings (SSSR count). The van der Waals surface area contributed by atoms with Crippen molar-refractivity contribution in [2.24, 2.45) is 0 Å². The van der Waals surface area contributed by atoms with E-state index in [1.807, 2.05) is 12.1 Å². The summed E-state index contributed by atoms with van der Waals surface area (Å²) in [5.74, 6) is 0. The standard InChI is InChI=1S/C8H4BrN3.ClH/c9-7-2-1-6-5(3-10)4-11-8(6)12-7;/h1-2,4H,(H,11,12);1H. The molecule has 0 amide bonds. The lowest BCUT2D eigenvalue weighted by Crippen LogP contribution is -1.76. The summed E-state index contributed by atoms with van der Waals surface area (Å²) < 4.78 is 0.765. The first-order valence-electron chi connectivity index (χ1n) is 3.35. The molecule has 2 aromatic heterocycles. The molecule has 0 saturated heterocycles. The zero-order valence-electron chi connectivity index (χ0n) is 6.41. The number of aromatic amines is 1. The quantitative estimate of drug-likeness (QED) is 0.739. The minimum atomic E-state index is 0. The third kappa shape index (κ3) is 1.67. The molecule has 0 aromatic carbocycles. The summed E-state index contributed by atoms with van der Waals surface area (Å²) >= 11 is 3.25. The van der Waals surface area contributed by atoms with E-state index in [0.717, 1.165) is 15.6 Å². The van der Waals surface area contributed by atoms with E-state index in [0.29, 0.717) is 5.56 Å². The Balaban J connectivity index is 0.000000845. The zero-order valence-corrected chi connectivity index (χ0v) is 8.82. The van der Waals surface area contributed by atoms with Gasteiger partial charge in [0.15, 0.2) is 0 Å². The molecule has 0 atom stereocenters. The highest BCUT2D eigenvalue weighted by molar-refractivity contribution is 9.10. The van der Waals surface area contributed by atoms with Crippen LogP contribution < -0.4 is 0 Å². The Morgan fingerprint density at radius 1 is 1.46 bits per heavy atom. The number of nitriles is 1. The van der Waals surface area contributed by atoms with E-state index in [-0.39, 0.29) is 12.4 Å². The van der Waals surface area contributed by atoms with E-state index in [1.165, 1.54) is 0 Å². The molecule has 0 unspecified atom stereocenters. The van der Waals surface area contributed by atoms with Crippen LogP contribution in [0.4, 0.5) is 0 Å². The topological polar surface area (TPSA) is 52.5 Å². The number of hydrogen-bond donors (Lipinski definition) is 1. The molecular formula is C8H5BrClN3. The summed E-state index contributed by atoms with van der Waals surface area (Å²) in [5, 5.41) is 9.55. The number of nitrogens with zero attached hydrogens (tertiary/aromatic N) is 2. The molecule has 0 aliphatic rings. The molecule has 0 bridgehead atoms. The third-order valence-corrected chi connectivity index (χ3v) is 2.07. The van der Waals surface area contributed by atoms with Crippen LogP contribution in [0.25, 0.3) is 11.0 Å². The van der Waals surface area contributed by atoms with E-state index < -0.39 is 0 Å². The number of H-pyrrole nitrogens is 1. The molecule has 0 fully saturated rings. The third-order valence-electron chi connectivity index (χ3n) is 1.63. The van der Waals surface area contributed by atoms with Crippen LogP contribution in [-0.4, -0.2) is 9.97 Å².